The van der Waals surface area contributed by atoms with Gasteiger partial charge in [-0.1, -0.05) is 30.3 Å². The summed E-state index contributed by atoms with van der Waals surface area (Å²) in [6, 6.07) is 11.2. The number of nitrogens with zero attached hydrogens (tertiary/aromatic N) is 2. The van der Waals surface area contributed by atoms with Crippen LogP contribution in [0.2, 0.25) is 0 Å². The summed E-state index contributed by atoms with van der Waals surface area (Å²) in [5.74, 6) is 1.61. The molecule has 0 aromatic heterocycles. The molecule has 4 nitrogen and oxygen atoms in total. The number of primary amides is 1. The minimum atomic E-state index is -0.589. The van der Waals surface area contributed by atoms with Gasteiger partial charge in [-0.15, -0.1) is 0 Å². The monoisotopic (exact) mass is 427 g/mol. The van der Waals surface area contributed by atoms with Gasteiger partial charge in [0.2, 0.25) is 5.91 Å². The SMILES string of the molecule is CC(C)N(CCC(CCCN1CC2CCC(CC2)C1)(C(N)=O)c1ccccc1)C(C)C. The molecule has 2 bridgehead atoms. The van der Waals surface area contributed by atoms with Crippen LogP contribution in [0.3, 0.4) is 0 Å². The van der Waals surface area contributed by atoms with Crippen molar-refractivity contribution < 1.29 is 4.79 Å². The summed E-state index contributed by atoms with van der Waals surface area (Å²) in [5, 5.41) is 0. The van der Waals surface area contributed by atoms with Gasteiger partial charge in [-0.05, 0) is 96.6 Å². The lowest BCUT2D eigenvalue weighted by atomic mass is 9.73. The van der Waals surface area contributed by atoms with Crippen LogP contribution in [0.15, 0.2) is 30.3 Å². The molecule has 3 aliphatic rings. The van der Waals surface area contributed by atoms with Crippen molar-refractivity contribution in [3.8, 4) is 0 Å². The summed E-state index contributed by atoms with van der Waals surface area (Å²) in [6.07, 6.45) is 8.30. The van der Waals surface area contributed by atoms with Gasteiger partial charge in [0, 0.05) is 31.7 Å². The number of hydrogen-bond donors (Lipinski definition) is 1. The molecular formula is C27H45N3O. The van der Waals surface area contributed by atoms with Gasteiger partial charge < -0.3 is 10.6 Å². The van der Waals surface area contributed by atoms with Gasteiger partial charge in [-0.3, -0.25) is 9.69 Å². The van der Waals surface area contributed by atoms with E-state index in [1.54, 1.807) is 0 Å². The highest BCUT2D eigenvalue weighted by Crippen LogP contribution is 2.36. The number of carbonyl (C=O) groups is 1. The molecule has 2 heterocycles. The maximum absolute atomic E-state index is 13.0. The third kappa shape index (κ3) is 6.10. The Morgan fingerprint density at radius 1 is 1.00 bits per heavy atom. The van der Waals surface area contributed by atoms with E-state index in [0.717, 1.165) is 49.8 Å². The molecule has 0 spiro atoms. The lowest BCUT2D eigenvalue weighted by Crippen LogP contribution is -2.47. The molecular weight excluding hydrogens is 382 g/mol. The van der Waals surface area contributed by atoms with E-state index in [-0.39, 0.29) is 5.91 Å². The van der Waals surface area contributed by atoms with Crippen LogP contribution < -0.4 is 5.73 Å². The molecule has 1 saturated carbocycles. The van der Waals surface area contributed by atoms with Crippen LogP contribution in [0.1, 0.15) is 78.2 Å². The minimum Gasteiger partial charge on any atom is -0.369 e. The second-order valence-corrected chi connectivity index (χ2v) is 10.7. The Bertz CT molecular complexity index is 659. The van der Waals surface area contributed by atoms with Crippen molar-refractivity contribution in [3.05, 3.63) is 35.9 Å². The van der Waals surface area contributed by atoms with Gasteiger partial charge in [-0.25, -0.2) is 0 Å². The fourth-order valence-electron chi connectivity index (χ4n) is 6.18. The smallest absolute Gasteiger partial charge is 0.228 e. The van der Waals surface area contributed by atoms with Gasteiger partial charge >= 0.3 is 0 Å². The third-order valence-electron chi connectivity index (χ3n) is 8.00. The zero-order valence-corrected chi connectivity index (χ0v) is 20.4. The van der Waals surface area contributed by atoms with Gasteiger partial charge in [0.05, 0.1) is 5.41 Å². The Morgan fingerprint density at radius 2 is 1.55 bits per heavy atom. The van der Waals surface area contributed by atoms with E-state index in [2.05, 4.69) is 49.6 Å². The first-order chi connectivity index (χ1) is 14.8. The highest BCUT2D eigenvalue weighted by Gasteiger charge is 2.39. The molecule has 174 valence electrons. The van der Waals surface area contributed by atoms with Crippen LogP contribution in [0.25, 0.3) is 0 Å². The Morgan fingerprint density at radius 3 is 2.03 bits per heavy atom. The number of nitrogens with two attached hydrogens (primary N) is 1. The predicted molar refractivity (Wildman–Crippen MR) is 130 cm³/mol. The summed E-state index contributed by atoms with van der Waals surface area (Å²) in [7, 11) is 0. The fraction of sp³-hybridized carbons (Fsp3) is 0.741. The van der Waals surface area contributed by atoms with Crippen molar-refractivity contribution in [3.63, 3.8) is 0 Å². The molecule has 2 saturated heterocycles. The van der Waals surface area contributed by atoms with E-state index in [0.29, 0.717) is 12.1 Å². The van der Waals surface area contributed by atoms with E-state index in [4.69, 9.17) is 5.73 Å². The topological polar surface area (TPSA) is 49.6 Å². The van der Waals surface area contributed by atoms with Crippen molar-refractivity contribution >= 4 is 5.91 Å². The Labute approximate surface area is 190 Å². The maximum atomic E-state index is 13.0. The largest absolute Gasteiger partial charge is 0.369 e. The van der Waals surface area contributed by atoms with Gasteiger partial charge in [0.25, 0.3) is 0 Å². The molecule has 1 atom stereocenters. The second kappa shape index (κ2) is 11.0. The molecule has 2 N–H and O–H groups in total. The molecule has 1 unspecified atom stereocenters. The zero-order valence-electron chi connectivity index (χ0n) is 20.4. The van der Waals surface area contributed by atoms with Crippen molar-refractivity contribution in [1.82, 2.24) is 9.80 Å². The summed E-state index contributed by atoms with van der Waals surface area (Å²) >= 11 is 0. The molecule has 1 aromatic rings. The van der Waals surface area contributed by atoms with E-state index >= 15 is 0 Å². The lowest BCUT2D eigenvalue weighted by Gasteiger charge is -2.37. The molecule has 2 aliphatic heterocycles. The third-order valence-corrected chi connectivity index (χ3v) is 8.00. The molecule has 4 heteroatoms. The molecule has 1 aromatic carbocycles. The summed E-state index contributed by atoms with van der Waals surface area (Å²) < 4.78 is 0. The average molecular weight is 428 g/mol. The summed E-state index contributed by atoms with van der Waals surface area (Å²) in [4.78, 5) is 18.2. The number of rotatable bonds is 11. The Kier molecular flexibility index (Phi) is 8.58. The normalized spacial score (nSPS) is 24.0. The first kappa shape index (κ1) is 24.3. The first-order valence-electron chi connectivity index (χ1n) is 12.7. The van der Waals surface area contributed by atoms with Gasteiger partial charge in [0.1, 0.15) is 0 Å². The van der Waals surface area contributed by atoms with Crippen molar-refractivity contribution in [2.75, 3.05) is 26.2 Å². The van der Waals surface area contributed by atoms with E-state index in [9.17, 15) is 4.79 Å². The Hall–Kier alpha value is -1.39. The van der Waals surface area contributed by atoms with Crippen LogP contribution in [0, 0.1) is 11.8 Å². The van der Waals surface area contributed by atoms with Crippen LogP contribution >= 0.6 is 0 Å². The van der Waals surface area contributed by atoms with Gasteiger partial charge in [-0.2, -0.15) is 0 Å². The average Bonchev–Trinajstić information content (AvgIpc) is 3.05. The lowest BCUT2D eigenvalue weighted by molar-refractivity contribution is -0.124. The number of hydrogen-bond acceptors (Lipinski definition) is 3. The molecule has 4 rings (SSSR count). The first-order valence-corrected chi connectivity index (χ1v) is 12.7. The number of amides is 1. The van der Waals surface area contributed by atoms with E-state index in [1.165, 1.54) is 38.8 Å². The molecule has 1 amide bonds. The van der Waals surface area contributed by atoms with Crippen LogP contribution in [0.4, 0.5) is 0 Å². The number of carbonyl (C=O) groups excluding carboxylic acids is 1. The second-order valence-electron chi connectivity index (χ2n) is 10.7. The summed E-state index contributed by atoms with van der Waals surface area (Å²) in [5.41, 5.74) is 6.67. The number of benzene rings is 1. The van der Waals surface area contributed by atoms with E-state index in [1.807, 2.05) is 18.2 Å². The molecule has 0 radical (unpaired) electrons. The molecule has 1 aliphatic carbocycles. The van der Waals surface area contributed by atoms with Crippen molar-refractivity contribution in [1.29, 1.82) is 0 Å². The fourth-order valence-corrected chi connectivity index (χ4v) is 6.18. The van der Waals surface area contributed by atoms with Crippen LogP contribution in [0.5, 0.6) is 0 Å². The molecule has 31 heavy (non-hydrogen) atoms. The highest BCUT2D eigenvalue weighted by molar-refractivity contribution is 5.86. The van der Waals surface area contributed by atoms with Crippen molar-refractivity contribution in [2.45, 2.75) is 90.1 Å². The van der Waals surface area contributed by atoms with Crippen molar-refractivity contribution in [2.24, 2.45) is 17.6 Å². The number of fused-ring (bicyclic) bond motifs is 4. The quantitative estimate of drug-likeness (QED) is 0.551. The standard InChI is InChI=1S/C27H45N3O/c1-21(2)30(22(3)4)18-16-27(26(28)31,25-9-6-5-7-10-25)15-8-17-29-19-23-11-12-24(20-29)14-13-23/h5-7,9-10,21-24H,8,11-20H2,1-4H3,(H2,28,31). The Balaban J connectivity index is 1.72. The maximum Gasteiger partial charge on any atom is 0.228 e. The minimum absolute atomic E-state index is 0.165. The van der Waals surface area contributed by atoms with Gasteiger partial charge in [0.15, 0.2) is 0 Å². The highest BCUT2D eigenvalue weighted by atomic mass is 16.1. The molecule has 3 fully saturated rings. The summed E-state index contributed by atoms with van der Waals surface area (Å²) in [6.45, 7) is 13.4. The van der Waals surface area contributed by atoms with Crippen LogP contribution in [-0.4, -0.2) is 54.0 Å². The van der Waals surface area contributed by atoms with E-state index < -0.39 is 5.41 Å². The zero-order chi connectivity index (χ0) is 22.4. The van der Waals surface area contributed by atoms with Crippen LogP contribution in [-0.2, 0) is 10.2 Å². The predicted octanol–water partition coefficient (Wildman–Crippen LogP) is 4.82.